The van der Waals surface area contributed by atoms with Crippen LogP contribution in [-0.2, 0) is 10.0 Å². The van der Waals surface area contributed by atoms with Crippen LogP contribution in [0.5, 0.6) is 5.75 Å². The topological polar surface area (TPSA) is 46.6 Å². The SMILES string of the molecule is CCCS(=O)(=O)N1c2ccccc2OCC1C. The van der Waals surface area contributed by atoms with E-state index < -0.39 is 10.0 Å². The summed E-state index contributed by atoms with van der Waals surface area (Å²) in [6.45, 7) is 4.14. The average molecular weight is 255 g/mol. The maximum absolute atomic E-state index is 12.2. The van der Waals surface area contributed by atoms with Gasteiger partial charge < -0.3 is 4.74 Å². The van der Waals surface area contributed by atoms with Crippen molar-refractivity contribution in [1.82, 2.24) is 0 Å². The summed E-state index contributed by atoms with van der Waals surface area (Å²) in [5.41, 5.74) is 0.653. The van der Waals surface area contributed by atoms with Gasteiger partial charge >= 0.3 is 0 Å². The molecule has 2 rings (SSSR count). The predicted molar refractivity (Wildman–Crippen MR) is 68.0 cm³/mol. The van der Waals surface area contributed by atoms with Crippen molar-refractivity contribution in [3.8, 4) is 5.75 Å². The molecule has 0 saturated carbocycles. The largest absolute Gasteiger partial charge is 0.489 e. The van der Waals surface area contributed by atoms with E-state index in [4.69, 9.17) is 4.74 Å². The van der Waals surface area contributed by atoms with Crippen LogP contribution < -0.4 is 9.04 Å². The van der Waals surface area contributed by atoms with Crippen molar-refractivity contribution in [2.75, 3.05) is 16.7 Å². The monoisotopic (exact) mass is 255 g/mol. The Morgan fingerprint density at radius 2 is 2.12 bits per heavy atom. The van der Waals surface area contributed by atoms with Crippen LogP contribution in [0, 0.1) is 0 Å². The number of benzene rings is 1. The zero-order chi connectivity index (χ0) is 12.5. The number of sulfonamides is 1. The third-order valence-electron chi connectivity index (χ3n) is 2.74. The van der Waals surface area contributed by atoms with Crippen LogP contribution in [0.4, 0.5) is 5.69 Å². The van der Waals surface area contributed by atoms with Gasteiger partial charge in [-0.15, -0.1) is 0 Å². The fraction of sp³-hybridized carbons (Fsp3) is 0.500. The summed E-state index contributed by atoms with van der Waals surface area (Å²) < 4.78 is 31.5. The molecule has 1 unspecified atom stereocenters. The molecule has 0 radical (unpaired) electrons. The molecule has 1 aromatic carbocycles. The second kappa shape index (κ2) is 4.56. The molecular formula is C12H17NO3S. The molecule has 0 aliphatic carbocycles. The van der Waals surface area contributed by atoms with Crippen molar-refractivity contribution in [2.45, 2.75) is 26.3 Å². The first-order chi connectivity index (χ1) is 8.06. The van der Waals surface area contributed by atoms with Crippen molar-refractivity contribution in [3.05, 3.63) is 24.3 Å². The Balaban J connectivity index is 2.46. The van der Waals surface area contributed by atoms with E-state index in [1.165, 1.54) is 4.31 Å². The Hall–Kier alpha value is -1.23. The number of fused-ring (bicyclic) bond motifs is 1. The van der Waals surface area contributed by atoms with Crippen LogP contribution in [0.2, 0.25) is 0 Å². The lowest BCUT2D eigenvalue weighted by atomic mass is 10.2. The van der Waals surface area contributed by atoms with Gasteiger partial charge in [-0.2, -0.15) is 0 Å². The van der Waals surface area contributed by atoms with E-state index in [9.17, 15) is 8.42 Å². The standard InChI is InChI=1S/C12H17NO3S/c1-3-8-17(14,15)13-10(2)9-16-12-7-5-4-6-11(12)13/h4-7,10H,3,8-9H2,1-2H3. The van der Waals surface area contributed by atoms with E-state index in [0.717, 1.165) is 0 Å². The summed E-state index contributed by atoms with van der Waals surface area (Å²) in [5, 5.41) is 0. The molecule has 17 heavy (non-hydrogen) atoms. The van der Waals surface area contributed by atoms with Gasteiger partial charge in [0.05, 0.1) is 17.5 Å². The Bertz CT molecular complexity index is 498. The number of hydrogen-bond donors (Lipinski definition) is 0. The summed E-state index contributed by atoms with van der Waals surface area (Å²) in [5.74, 6) is 0.816. The summed E-state index contributed by atoms with van der Waals surface area (Å²) in [6, 6.07) is 7.11. The molecule has 0 N–H and O–H groups in total. The molecule has 1 aromatic rings. The molecule has 1 atom stereocenters. The molecule has 1 aliphatic rings. The van der Waals surface area contributed by atoms with Crippen molar-refractivity contribution in [1.29, 1.82) is 0 Å². The second-order valence-corrected chi connectivity index (χ2v) is 6.21. The zero-order valence-corrected chi connectivity index (χ0v) is 10.9. The molecule has 4 nitrogen and oxygen atoms in total. The normalized spacial score (nSPS) is 19.6. The molecule has 5 heteroatoms. The summed E-state index contributed by atoms with van der Waals surface area (Å²) in [7, 11) is -3.24. The number of ether oxygens (including phenoxy) is 1. The molecule has 0 amide bonds. The van der Waals surface area contributed by atoms with E-state index in [1.54, 1.807) is 12.1 Å². The lowest BCUT2D eigenvalue weighted by molar-refractivity contribution is 0.281. The maximum Gasteiger partial charge on any atom is 0.235 e. The van der Waals surface area contributed by atoms with E-state index in [0.29, 0.717) is 24.5 Å². The number of rotatable bonds is 3. The first kappa shape index (κ1) is 12.2. The van der Waals surface area contributed by atoms with Gasteiger partial charge in [0, 0.05) is 0 Å². The third kappa shape index (κ3) is 2.24. The van der Waals surface area contributed by atoms with Crippen molar-refractivity contribution in [2.24, 2.45) is 0 Å². The first-order valence-electron chi connectivity index (χ1n) is 5.80. The highest BCUT2D eigenvalue weighted by atomic mass is 32.2. The molecule has 0 spiro atoms. The van der Waals surface area contributed by atoms with Gasteiger partial charge in [0.15, 0.2) is 0 Å². The molecule has 1 heterocycles. The minimum Gasteiger partial charge on any atom is -0.489 e. The van der Waals surface area contributed by atoms with E-state index in [2.05, 4.69) is 0 Å². The van der Waals surface area contributed by atoms with Crippen LogP contribution in [0.15, 0.2) is 24.3 Å². The van der Waals surface area contributed by atoms with Crippen LogP contribution in [-0.4, -0.2) is 26.8 Å². The second-order valence-electron chi connectivity index (χ2n) is 4.24. The average Bonchev–Trinajstić information content (AvgIpc) is 2.28. The summed E-state index contributed by atoms with van der Waals surface area (Å²) >= 11 is 0. The summed E-state index contributed by atoms with van der Waals surface area (Å²) in [4.78, 5) is 0. The van der Waals surface area contributed by atoms with Crippen molar-refractivity contribution < 1.29 is 13.2 Å². The minimum absolute atomic E-state index is 0.151. The molecule has 1 aliphatic heterocycles. The van der Waals surface area contributed by atoms with Gasteiger partial charge in [0.2, 0.25) is 10.0 Å². The van der Waals surface area contributed by atoms with Gasteiger partial charge in [-0.25, -0.2) is 8.42 Å². The molecular weight excluding hydrogens is 238 g/mol. The van der Waals surface area contributed by atoms with E-state index in [-0.39, 0.29) is 11.8 Å². The zero-order valence-electron chi connectivity index (χ0n) is 10.1. The van der Waals surface area contributed by atoms with Crippen LogP contribution >= 0.6 is 0 Å². The molecule has 0 saturated heterocycles. The van der Waals surface area contributed by atoms with Gasteiger partial charge in [-0.05, 0) is 25.5 Å². The molecule has 94 valence electrons. The van der Waals surface area contributed by atoms with Crippen molar-refractivity contribution in [3.63, 3.8) is 0 Å². The maximum atomic E-state index is 12.2. The van der Waals surface area contributed by atoms with Crippen LogP contribution in [0.1, 0.15) is 20.3 Å². The third-order valence-corrected chi connectivity index (χ3v) is 4.82. The number of nitrogens with zero attached hydrogens (tertiary/aromatic N) is 1. The fourth-order valence-corrected chi connectivity index (χ4v) is 3.83. The van der Waals surface area contributed by atoms with Gasteiger partial charge in [-0.3, -0.25) is 4.31 Å². The van der Waals surface area contributed by atoms with Crippen LogP contribution in [0.25, 0.3) is 0 Å². The smallest absolute Gasteiger partial charge is 0.235 e. The molecule has 0 aromatic heterocycles. The van der Waals surface area contributed by atoms with Gasteiger partial charge in [0.25, 0.3) is 0 Å². The number of para-hydroxylation sites is 2. The van der Waals surface area contributed by atoms with Crippen molar-refractivity contribution >= 4 is 15.7 Å². The highest BCUT2D eigenvalue weighted by Gasteiger charge is 2.32. The quantitative estimate of drug-likeness (QED) is 0.830. The number of hydrogen-bond acceptors (Lipinski definition) is 3. The minimum atomic E-state index is -3.24. The Kier molecular flexibility index (Phi) is 3.28. The lowest BCUT2D eigenvalue weighted by Crippen LogP contribution is -2.45. The van der Waals surface area contributed by atoms with E-state index >= 15 is 0 Å². The Labute approximate surface area is 102 Å². The van der Waals surface area contributed by atoms with E-state index in [1.807, 2.05) is 26.0 Å². The predicted octanol–water partition coefficient (Wildman–Crippen LogP) is 2.01. The summed E-state index contributed by atoms with van der Waals surface area (Å²) in [6.07, 6.45) is 0.620. The Morgan fingerprint density at radius 1 is 1.41 bits per heavy atom. The highest BCUT2D eigenvalue weighted by Crippen LogP contribution is 2.35. The van der Waals surface area contributed by atoms with Gasteiger partial charge in [-0.1, -0.05) is 19.1 Å². The fourth-order valence-electron chi connectivity index (χ4n) is 2.06. The highest BCUT2D eigenvalue weighted by molar-refractivity contribution is 7.92. The van der Waals surface area contributed by atoms with Crippen LogP contribution in [0.3, 0.4) is 0 Å². The first-order valence-corrected chi connectivity index (χ1v) is 7.41. The lowest BCUT2D eigenvalue weighted by Gasteiger charge is -2.35. The molecule has 0 bridgehead atoms. The van der Waals surface area contributed by atoms with Gasteiger partial charge in [0.1, 0.15) is 12.4 Å². The Morgan fingerprint density at radius 3 is 2.82 bits per heavy atom. The number of anilines is 1. The molecule has 0 fully saturated rings.